The lowest BCUT2D eigenvalue weighted by Crippen LogP contribution is -2.40. The van der Waals surface area contributed by atoms with Crippen LogP contribution in [0.15, 0.2) is 48.5 Å². The van der Waals surface area contributed by atoms with Crippen molar-refractivity contribution < 1.29 is 9.59 Å². The molecule has 0 bridgehead atoms. The molecule has 3 heteroatoms. The van der Waals surface area contributed by atoms with E-state index in [1.807, 2.05) is 63.2 Å². The number of rotatable bonds is 1. The van der Waals surface area contributed by atoms with E-state index in [0.717, 1.165) is 27.5 Å². The molecule has 0 saturated heterocycles. The number of nitrogens with zero attached hydrogens (tertiary/aromatic N) is 1. The Morgan fingerprint density at radius 2 is 1.46 bits per heavy atom. The van der Waals surface area contributed by atoms with E-state index in [0.29, 0.717) is 16.8 Å². The van der Waals surface area contributed by atoms with Gasteiger partial charge in [0, 0.05) is 16.5 Å². The van der Waals surface area contributed by atoms with Crippen LogP contribution in [0.4, 0.5) is 5.69 Å². The lowest BCUT2D eigenvalue weighted by molar-refractivity contribution is 0.0893. The second kappa shape index (κ2) is 5.03. The Bertz CT molecular complexity index is 1010. The highest BCUT2D eigenvalue weighted by Gasteiger charge is 2.34. The maximum absolute atomic E-state index is 13.1. The van der Waals surface area contributed by atoms with Crippen molar-refractivity contribution in [2.75, 3.05) is 4.90 Å². The average molecular weight is 315 g/mol. The van der Waals surface area contributed by atoms with E-state index < -0.39 is 0 Å². The van der Waals surface area contributed by atoms with Gasteiger partial charge in [-0.1, -0.05) is 35.9 Å². The summed E-state index contributed by atoms with van der Waals surface area (Å²) < 4.78 is 0. The summed E-state index contributed by atoms with van der Waals surface area (Å²) in [6.07, 6.45) is 0. The minimum Gasteiger partial charge on any atom is -0.268 e. The van der Waals surface area contributed by atoms with E-state index in [4.69, 9.17) is 0 Å². The molecule has 3 aromatic carbocycles. The van der Waals surface area contributed by atoms with Crippen LogP contribution in [0, 0.1) is 20.8 Å². The highest BCUT2D eigenvalue weighted by Crippen LogP contribution is 2.35. The third-order valence-electron chi connectivity index (χ3n) is 4.72. The lowest BCUT2D eigenvalue weighted by atomic mass is 9.91. The molecule has 1 heterocycles. The molecule has 4 rings (SSSR count). The minimum atomic E-state index is -0.254. The first-order valence-electron chi connectivity index (χ1n) is 7.97. The van der Waals surface area contributed by atoms with Crippen LogP contribution >= 0.6 is 0 Å². The fourth-order valence-corrected chi connectivity index (χ4v) is 3.52. The van der Waals surface area contributed by atoms with E-state index in [1.54, 1.807) is 6.07 Å². The van der Waals surface area contributed by atoms with Crippen LogP contribution in [-0.4, -0.2) is 11.8 Å². The van der Waals surface area contributed by atoms with Gasteiger partial charge in [-0.25, -0.2) is 4.90 Å². The highest BCUT2D eigenvalue weighted by molar-refractivity contribution is 6.36. The predicted molar refractivity (Wildman–Crippen MR) is 95.7 cm³/mol. The fraction of sp³-hybridized carbons (Fsp3) is 0.143. The Labute approximate surface area is 140 Å². The van der Waals surface area contributed by atoms with Crippen LogP contribution in [0.5, 0.6) is 0 Å². The molecule has 0 N–H and O–H groups in total. The van der Waals surface area contributed by atoms with E-state index >= 15 is 0 Å². The van der Waals surface area contributed by atoms with Gasteiger partial charge < -0.3 is 0 Å². The van der Waals surface area contributed by atoms with Crippen molar-refractivity contribution in [1.82, 2.24) is 0 Å². The number of amides is 2. The Kier molecular flexibility index (Phi) is 3.07. The Hall–Kier alpha value is -2.94. The number of aryl methyl sites for hydroxylation is 3. The number of hydrogen-bond donors (Lipinski definition) is 0. The van der Waals surface area contributed by atoms with Crippen molar-refractivity contribution in [1.29, 1.82) is 0 Å². The molecule has 0 aliphatic carbocycles. The van der Waals surface area contributed by atoms with Crippen LogP contribution in [0.3, 0.4) is 0 Å². The van der Waals surface area contributed by atoms with Gasteiger partial charge in [0.1, 0.15) is 0 Å². The molecule has 0 radical (unpaired) electrons. The molecule has 3 nitrogen and oxygen atoms in total. The Balaban J connectivity index is 2.01. The molecule has 0 spiro atoms. The monoisotopic (exact) mass is 315 g/mol. The van der Waals surface area contributed by atoms with Gasteiger partial charge >= 0.3 is 0 Å². The Morgan fingerprint density at radius 1 is 0.750 bits per heavy atom. The Morgan fingerprint density at radius 3 is 2.17 bits per heavy atom. The normalized spacial score (nSPS) is 13.7. The number of imide groups is 1. The highest BCUT2D eigenvalue weighted by atomic mass is 16.2. The molecule has 3 aromatic rings. The first-order chi connectivity index (χ1) is 11.5. The molecule has 1 aliphatic heterocycles. The lowest BCUT2D eigenvalue weighted by Gasteiger charge is -2.28. The molecule has 24 heavy (non-hydrogen) atoms. The summed E-state index contributed by atoms with van der Waals surface area (Å²) >= 11 is 0. The van der Waals surface area contributed by atoms with Crippen molar-refractivity contribution in [3.63, 3.8) is 0 Å². The number of benzene rings is 3. The SMILES string of the molecule is Cc1ccc(N2C(=O)c3cccc4c(C)ccc(c34)C2=O)c(C)c1. The third-order valence-corrected chi connectivity index (χ3v) is 4.72. The predicted octanol–water partition coefficient (Wildman–Crippen LogP) is 4.57. The molecule has 0 fully saturated rings. The number of carbonyl (C=O) groups is 2. The van der Waals surface area contributed by atoms with Gasteiger partial charge in [-0.3, -0.25) is 9.59 Å². The molecule has 0 unspecified atom stereocenters. The second-order valence-electron chi connectivity index (χ2n) is 6.39. The smallest absolute Gasteiger partial charge is 0.265 e. The molecular formula is C21H17NO2. The minimum absolute atomic E-state index is 0.254. The van der Waals surface area contributed by atoms with Crippen molar-refractivity contribution in [2.45, 2.75) is 20.8 Å². The molecule has 0 aromatic heterocycles. The number of hydrogen-bond acceptors (Lipinski definition) is 2. The van der Waals surface area contributed by atoms with E-state index in [-0.39, 0.29) is 11.8 Å². The zero-order valence-electron chi connectivity index (χ0n) is 13.9. The van der Waals surface area contributed by atoms with Crippen molar-refractivity contribution in [3.05, 3.63) is 76.3 Å². The summed E-state index contributed by atoms with van der Waals surface area (Å²) in [5.74, 6) is -0.508. The van der Waals surface area contributed by atoms with Crippen LogP contribution in [0.2, 0.25) is 0 Å². The van der Waals surface area contributed by atoms with Crippen molar-refractivity contribution >= 4 is 28.3 Å². The van der Waals surface area contributed by atoms with Crippen molar-refractivity contribution in [3.8, 4) is 0 Å². The standard InChI is InChI=1S/C21H17NO2/c1-12-7-10-18(14(3)11-12)22-20(23)16-6-4-5-15-13(2)8-9-17(19(15)16)21(22)24/h4-11H,1-3H3. The molecule has 0 saturated carbocycles. The van der Waals surface area contributed by atoms with Crippen molar-refractivity contribution in [2.24, 2.45) is 0 Å². The van der Waals surface area contributed by atoms with Gasteiger partial charge in [0.05, 0.1) is 5.69 Å². The summed E-state index contributed by atoms with van der Waals surface area (Å²) in [6, 6.07) is 15.2. The van der Waals surface area contributed by atoms with Gasteiger partial charge in [0.25, 0.3) is 11.8 Å². The summed E-state index contributed by atoms with van der Waals surface area (Å²) in [7, 11) is 0. The number of carbonyl (C=O) groups excluding carboxylic acids is 2. The summed E-state index contributed by atoms with van der Waals surface area (Å²) in [5.41, 5.74) is 4.91. The van der Waals surface area contributed by atoms with E-state index in [9.17, 15) is 9.59 Å². The van der Waals surface area contributed by atoms with Gasteiger partial charge in [0.15, 0.2) is 0 Å². The quantitative estimate of drug-likeness (QED) is 0.617. The van der Waals surface area contributed by atoms with Crippen LogP contribution in [0.1, 0.15) is 37.4 Å². The summed E-state index contributed by atoms with van der Waals surface area (Å²) in [5, 5.41) is 1.74. The topological polar surface area (TPSA) is 37.4 Å². The first kappa shape index (κ1) is 14.6. The van der Waals surface area contributed by atoms with Gasteiger partial charge in [0.2, 0.25) is 0 Å². The summed E-state index contributed by atoms with van der Waals surface area (Å²) in [4.78, 5) is 27.4. The van der Waals surface area contributed by atoms with Crippen LogP contribution < -0.4 is 4.90 Å². The average Bonchev–Trinajstić information content (AvgIpc) is 2.56. The maximum atomic E-state index is 13.1. The zero-order valence-corrected chi connectivity index (χ0v) is 13.9. The summed E-state index contributed by atoms with van der Waals surface area (Å²) in [6.45, 7) is 5.91. The number of anilines is 1. The van der Waals surface area contributed by atoms with Gasteiger partial charge in [-0.15, -0.1) is 0 Å². The molecule has 0 atom stereocenters. The second-order valence-corrected chi connectivity index (χ2v) is 6.39. The van der Waals surface area contributed by atoms with E-state index in [2.05, 4.69) is 0 Å². The van der Waals surface area contributed by atoms with Gasteiger partial charge in [-0.05, 0) is 55.5 Å². The molecular weight excluding hydrogens is 298 g/mol. The maximum Gasteiger partial charge on any atom is 0.265 e. The largest absolute Gasteiger partial charge is 0.268 e. The van der Waals surface area contributed by atoms with E-state index in [1.165, 1.54) is 4.90 Å². The molecule has 1 aliphatic rings. The van der Waals surface area contributed by atoms with Gasteiger partial charge in [-0.2, -0.15) is 0 Å². The first-order valence-corrected chi connectivity index (χ1v) is 7.97. The third kappa shape index (κ3) is 1.91. The fourth-order valence-electron chi connectivity index (χ4n) is 3.52. The van der Waals surface area contributed by atoms with Crippen LogP contribution in [-0.2, 0) is 0 Å². The molecule has 118 valence electrons. The van der Waals surface area contributed by atoms with Crippen LogP contribution in [0.25, 0.3) is 10.8 Å². The zero-order chi connectivity index (χ0) is 17.0. The molecule has 2 amide bonds.